The Kier molecular flexibility index (Phi) is 5.69. The normalized spacial score (nSPS) is 9.25. The Morgan fingerprint density at radius 1 is 1.00 bits per heavy atom. The average molecular weight is 514 g/mol. The van der Waals surface area contributed by atoms with Gasteiger partial charge in [-0.05, 0) is 79.2 Å². The van der Waals surface area contributed by atoms with Gasteiger partial charge in [-0.15, -0.1) is 11.3 Å². The fourth-order valence-corrected chi connectivity index (χ4v) is 3.54. The van der Waals surface area contributed by atoms with E-state index in [1.807, 2.05) is 6.07 Å². The lowest BCUT2D eigenvalue weighted by molar-refractivity contribution is 1.65. The van der Waals surface area contributed by atoms with Crippen LogP contribution in [0.15, 0.2) is 29.6 Å². The predicted octanol–water partition coefficient (Wildman–Crippen LogP) is 4.69. The molecule has 1 heterocycles. The van der Waals surface area contributed by atoms with E-state index in [1.165, 1.54) is 10.0 Å². The van der Waals surface area contributed by atoms with Crippen LogP contribution in [0.2, 0.25) is 0 Å². The van der Waals surface area contributed by atoms with Crippen LogP contribution in [-0.4, -0.2) is 0 Å². The van der Waals surface area contributed by atoms with Crippen LogP contribution in [0.25, 0.3) is 0 Å². The van der Waals surface area contributed by atoms with Gasteiger partial charge in [0.25, 0.3) is 0 Å². The summed E-state index contributed by atoms with van der Waals surface area (Å²) in [6, 6.07) is 8.29. The van der Waals surface area contributed by atoms with E-state index < -0.39 is 0 Å². The second-order valence-electron chi connectivity index (χ2n) is 1.93. The maximum Gasteiger partial charge on any atom is 0.0797 e. The zero-order valence-corrected chi connectivity index (χ0v) is 13.2. The molecule has 1 rings (SSSR count). The Morgan fingerprint density at radius 3 is 2.50 bits per heavy atom. The second-order valence-corrected chi connectivity index (χ2v) is 6.90. The van der Waals surface area contributed by atoms with Crippen molar-refractivity contribution in [2.24, 2.45) is 0 Å². The molecule has 0 aliphatic heterocycles. The van der Waals surface area contributed by atoms with Gasteiger partial charge in [-0.1, -0.05) is 18.2 Å². The summed E-state index contributed by atoms with van der Waals surface area (Å²) in [7, 11) is 0. The molecule has 0 atom stereocenters. The zero-order chi connectivity index (χ0) is 8.97. The molecular formula is C8H5I3S. The Bertz CT molecular complexity index is 288. The molecule has 0 N–H and O–H groups in total. The monoisotopic (exact) mass is 514 g/mol. The standard InChI is InChI=1S/C8H5I3S/c9-6-4-2-1-3-5-12-8(11)7(6)10/h1-5H. The number of halogens is 3. The number of hydrogen-bond acceptors (Lipinski definition) is 1. The summed E-state index contributed by atoms with van der Waals surface area (Å²) in [5.74, 6) is 0. The maximum absolute atomic E-state index is 2.38. The van der Waals surface area contributed by atoms with Crippen LogP contribution in [0, 0.1) is 10.0 Å². The first-order chi connectivity index (χ1) is 5.72. The van der Waals surface area contributed by atoms with E-state index in [4.69, 9.17) is 0 Å². The average Bonchev–Trinajstić information content (AvgIpc) is 2.12. The van der Waals surface area contributed by atoms with Crippen molar-refractivity contribution >= 4 is 79.1 Å². The second kappa shape index (κ2) is 5.97. The van der Waals surface area contributed by atoms with Gasteiger partial charge in [0.1, 0.15) is 0 Å². The molecule has 1 aromatic rings. The van der Waals surface area contributed by atoms with Crippen LogP contribution in [0.1, 0.15) is 0 Å². The fraction of sp³-hybridized carbons (Fsp3) is 0. The Morgan fingerprint density at radius 2 is 1.75 bits per heavy atom. The third-order valence-electron chi connectivity index (χ3n) is 1.10. The van der Waals surface area contributed by atoms with Crippen LogP contribution in [0.5, 0.6) is 0 Å². The van der Waals surface area contributed by atoms with E-state index in [2.05, 4.69) is 91.4 Å². The van der Waals surface area contributed by atoms with Crippen molar-refractivity contribution in [1.29, 1.82) is 0 Å². The third-order valence-corrected chi connectivity index (χ3v) is 7.55. The summed E-state index contributed by atoms with van der Waals surface area (Å²) in [6.07, 6.45) is 0. The summed E-state index contributed by atoms with van der Waals surface area (Å²) in [5.41, 5.74) is 0. The Hall–Kier alpha value is 1.37. The van der Waals surface area contributed by atoms with Crippen LogP contribution in [0.4, 0.5) is 0 Å². The molecule has 0 aromatic carbocycles. The predicted molar refractivity (Wildman–Crippen MR) is 80.1 cm³/mol. The van der Waals surface area contributed by atoms with E-state index >= 15 is 0 Å². The van der Waals surface area contributed by atoms with E-state index in [9.17, 15) is 0 Å². The van der Waals surface area contributed by atoms with Crippen molar-refractivity contribution in [2.45, 2.75) is 0 Å². The van der Waals surface area contributed by atoms with Gasteiger partial charge in [0.2, 0.25) is 0 Å². The van der Waals surface area contributed by atoms with E-state index in [0.717, 1.165) is 0 Å². The molecular weight excluding hydrogens is 509 g/mol. The minimum Gasteiger partial charge on any atom is -0.137 e. The molecule has 0 amide bonds. The molecule has 0 unspecified atom stereocenters. The molecule has 0 radical (unpaired) electrons. The van der Waals surface area contributed by atoms with Gasteiger partial charge in [0.05, 0.1) is 2.88 Å². The smallest absolute Gasteiger partial charge is 0.0797 e. The van der Waals surface area contributed by atoms with Crippen molar-refractivity contribution in [3.8, 4) is 0 Å². The van der Waals surface area contributed by atoms with Crippen molar-refractivity contribution in [1.82, 2.24) is 0 Å². The zero-order valence-electron chi connectivity index (χ0n) is 5.93. The molecule has 1 aromatic heterocycles. The minimum absolute atomic E-state index is 1.30. The summed E-state index contributed by atoms with van der Waals surface area (Å²) >= 11 is 8.86. The first-order valence-electron chi connectivity index (χ1n) is 3.13. The van der Waals surface area contributed by atoms with Crippen LogP contribution in [0.3, 0.4) is 0 Å². The van der Waals surface area contributed by atoms with Crippen molar-refractivity contribution in [3.63, 3.8) is 0 Å². The van der Waals surface area contributed by atoms with Crippen LogP contribution in [-0.2, 0) is 0 Å². The molecule has 0 spiro atoms. The molecule has 0 bridgehead atoms. The highest BCUT2D eigenvalue weighted by Crippen LogP contribution is 2.21. The molecule has 0 fully saturated rings. The Balaban J connectivity index is 3.42. The summed E-state index contributed by atoms with van der Waals surface area (Å²) in [4.78, 5) is 0. The van der Waals surface area contributed by atoms with Crippen molar-refractivity contribution in [2.75, 3.05) is 0 Å². The number of hydrogen-bond donors (Lipinski definition) is 0. The number of rotatable bonds is 0. The molecule has 0 saturated heterocycles. The summed E-state index contributed by atoms with van der Waals surface area (Å²) < 4.78 is 3.95. The van der Waals surface area contributed by atoms with E-state index in [-0.39, 0.29) is 0 Å². The van der Waals surface area contributed by atoms with E-state index in [1.54, 1.807) is 11.3 Å². The molecule has 0 aliphatic carbocycles. The molecule has 64 valence electrons. The van der Waals surface area contributed by atoms with Gasteiger partial charge in [0.15, 0.2) is 0 Å². The third kappa shape index (κ3) is 3.62. The van der Waals surface area contributed by atoms with Gasteiger partial charge in [-0.25, -0.2) is 0 Å². The van der Waals surface area contributed by atoms with Crippen LogP contribution >= 0.6 is 79.1 Å². The highest BCUT2D eigenvalue weighted by molar-refractivity contribution is 14.1. The first kappa shape index (κ1) is 11.4. The Labute approximate surface area is 117 Å². The largest absolute Gasteiger partial charge is 0.137 e. The topological polar surface area (TPSA) is 0 Å². The lowest BCUT2D eigenvalue weighted by atomic mass is 10.5. The molecule has 0 nitrogen and oxygen atoms in total. The highest BCUT2D eigenvalue weighted by atomic mass is 127. The molecule has 0 saturated carbocycles. The van der Waals surface area contributed by atoms with E-state index in [0.29, 0.717) is 0 Å². The van der Waals surface area contributed by atoms with Crippen molar-refractivity contribution in [3.05, 3.63) is 39.7 Å². The highest BCUT2D eigenvalue weighted by Gasteiger charge is 1.95. The van der Waals surface area contributed by atoms with Crippen molar-refractivity contribution < 1.29 is 0 Å². The summed E-state index contributed by atoms with van der Waals surface area (Å²) in [6.45, 7) is 0. The lowest BCUT2D eigenvalue weighted by Crippen LogP contribution is -1.75. The van der Waals surface area contributed by atoms with Gasteiger partial charge >= 0.3 is 0 Å². The lowest BCUT2D eigenvalue weighted by Gasteiger charge is -1.90. The molecule has 4 heteroatoms. The summed E-state index contributed by atoms with van der Waals surface area (Å²) in [5, 5.41) is 2.10. The van der Waals surface area contributed by atoms with Gasteiger partial charge in [-0.3, -0.25) is 0 Å². The first-order valence-corrected chi connectivity index (χ1v) is 7.24. The van der Waals surface area contributed by atoms with Gasteiger partial charge in [-0.2, -0.15) is 0 Å². The van der Waals surface area contributed by atoms with Gasteiger partial charge < -0.3 is 0 Å². The van der Waals surface area contributed by atoms with Crippen LogP contribution < -0.4 is 0 Å². The maximum atomic E-state index is 2.38. The fourth-order valence-electron chi connectivity index (χ4n) is 0.567. The SMILES string of the molecule is Ic1cccccsc(I)c1I. The minimum atomic E-state index is 1.30. The quantitative estimate of drug-likeness (QED) is 0.442. The molecule has 12 heavy (non-hydrogen) atoms. The van der Waals surface area contributed by atoms with Gasteiger partial charge in [0, 0.05) is 7.14 Å². The molecule has 0 aliphatic rings.